The SMILES string of the molecule is FC(F)(F)c1cc(NC([Se])=NC2CCCCC2N=C([Se])Nc2cc(C(F)(F)F)cc(C(F)(F)F)c2)cc(C(F)(F)F)c1. The number of rotatable bonds is 4. The first-order valence-electron chi connectivity index (χ1n) is 11.8. The molecule has 2 aromatic rings. The van der Waals surface area contributed by atoms with E-state index in [0.29, 0.717) is 49.9 Å². The number of benzene rings is 2. The Labute approximate surface area is 247 Å². The van der Waals surface area contributed by atoms with Crippen LogP contribution in [0.4, 0.5) is 64.1 Å². The predicted octanol–water partition coefficient (Wildman–Crippen LogP) is 7.65. The third-order valence-corrected chi connectivity index (χ3v) is 6.81. The molecule has 230 valence electrons. The van der Waals surface area contributed by atoms with E-state index >= 15 is 0 Å². The molecule has 0 amide bonds. The molecule has 2 N–H and O–H groups in total. The number of amidine groups is 2. The van der Waals surface area contributed by atoms with Crippen molar-refractivity contribution in [1.82, 2.24) is 0 Å². The Balaban J connectivity index is 1.85. The molecule has 0 spiro atoms. The van der Waals surface area contributed by atoms with E-state index in [1.807, 2.05) is 0 Å². The molecule has 2 aromatic carbocycles. The van der Waals surface area contributed by atoms with Gasteiger partial charge in [0.15, 0.2) is 0 Å². The van der Waals surface area contributed by atoms with Gasteiger partial charge in [-0.2, -0.15) is 0 Å². The summed E-state index contributed by atoms with van der Waals surface area (Å²) in [6.07, 6.45) is -18.2. The van der Waals surface area contributed by atoms with Crippen LogP contribution in [0.5, 0.6) is 0 Å². The third-order valence-electron chi connectivity index (χ3n) is 5.94. The fourth-order valence-corrected chi connectivity index (χ4v) is 5.12. The summed E-state index contributed by atoms with van der Waals surface area (Å²) in [5, 5.41) is 4.76. The molecule has 42 heavy (non-hydrogen) atoms. The Morgan fingerprint density at radius 1 is 0.524 bits per heavy atom. The van der Waals surface area contributed by atoms with E-state index in [0.717, 1.165) is 0 Å². The van der Waals surface area contributed by atoms with E-state index in [4.69, 9.17) is 0 Å². The maximum atomic E-state index is 13.2. The van der Waals surface area contributed by atoms with Crippen LogP contribution in [0.3, 0.4) is 0 Å². The zero-order valence-corrected chi connectivity index (χ0v) is 24.1. The van der Waals surface area contributed by atoms with Crippen molar-refractivity contribution < 1.29 is 52.7 Å². The summed E-state index contributed by atoms with van der Waals surface area (Å²) in [6, 6.07) is 0.513. The van der Waals surface area contributed by atoms with Crippen LogP contribution in [0.25, 0.3) is 0 Å². The van der Waals surface area contributed by atoms with Crippen molar-refractivity contribution in [3.05, 3.63) is 58.7 Å². The van der Waals surface area contributed by atoms with Crippen LogP contribution in [-0.4, -0.2) is 53.6 Å². The van der Waals surface area contributed by atoms with Crippen molar-refractivity contribution in [2.24, 2.45) is 9.98 Å². The summed E-state index contributed by atoms with van der Waals surface area (Å²) >= 11 is 4.87. The Bertz CT molecular complexity index is 1160. The summed E-state index contributed by atoms with van der Waals surface area (Å²) < 4.78 is 158. The average molecular weight is 748 g/mol. The Hall–Kier alpha value is -2.42. The summed E-state index contributed by atoms with van der Waals surface area (Å²) in [4.78, 5) is 8.58. The van der Waals surface area contributed by atoms with E-state index < -0.39 is 70.4 Å². The quantitative estimate of drug-likeness (QED) is 0.146. The molecule has 0 bridgehead atoms. The first kappa shape index (κ1) is 34.1. The molecule has 18 heteroatoms. The fraction of sp³-hybridized carbons (Fsp3) is 0.417. The fourth-order valence-electron chi connectivity index (χ4n) is 4.06. The van der Waals surface area contributed by atoms with Crippen LogP contribution in [0, 0.1) is 0 Å². The van der Waals surface area contributed by atoms with Crippen LogP contribution < -0.4 is 10.6 Å². The summed E-state index contributed by atoms with van der Waals surface area (Å²) in [5.41, 5.74) is -7.22. The first-order valence-corrected chi connectivity index (χ1v) is 13.5. The van der Waals surface area contributed by atoms with Gasteiger partial charge >= 0.3 is 247 Å². The number of nitrogens with one attached hydrogen (secondary N) is 2. The molecule has 1 aliphatic carbocycles. The molecule has 2 unspecified atom stereocenters. The molecule has 2 atom stereocenters. The van der Waals surface area contributed by atoms with E-state index in [9.17, 15) is 52.7 Å². The van der Waals surface area contributed by atoms with E-state index in [1.54, 1.807) is 0 Å². The molecule has 4 nitrogen and oxygen atoms in total. The Morgan fingerprint density at radius 3 is 1.02 bits per heavy atom. The summed E-state index contributed by atoms with van der Waals surface area (Å²) in [5.74, 6) is 0. The minimum atomic E-state index is -5.06. The molecule has 0 aliphatic heterocycles. The van der Waals surface area contributed by atoms with Gasteiger partial charge in [-0.25, -0.2) is 0 Å². The van der Waals surface area contributed by atoms with Gasteiger partial charge in [0.25, 0.3) is 0 Å². The zero-order valence-electron chi connectivity index (χ0n) is 20.7. The van der Waals surface area contributed by atoms with Crippen LogP contribution >= 0.6 is 0 Å². The van der Waals surface area contributed by atoms with Crippen molar-refractivity contribution in [2.75, 3.05) is 10.6 Å². The normalized spacial score (nSPS) is 19.5. The van der Waals surface area contributed by atoms with Crippen molar-refractivity contribution in [2.45, 2.75) is 62.5 Å². The molecule has 1 fully saturated rings. The van der Waals surface area contributed by atoms with Crippen molar-refractivity contribution in [1.29, 1.82) is 0 Å². The molecule has 3 rings (SSSR count). The second-order valence-corrected chi connectivity index (χ2v) is 10.7. The van der Waals surface area contributed by atoms with E-state index in [1.165, 1.54) is 0 Å². The Kier molecular flexibility index (Phi) is 10.3. The number of nitrogens with zero attached hydrogens (tertiary/aromatic N) is 2. The van der Waals surface area contributed by atoms with Gasteiger partial charge in [-0.15, -0.1) is 0 Å². The van der Waals surface area contributed by atoms with Crippen molar-refractivity contribution >= 4 is 52.9 Å². The van der Waals surface area contributed by atoms with Gasteiger partial charge in [-0.05, 0) is 0 Å². The van der Waals surface area contributed by atoms with Gasteiger partial charge in [0.05, 0.1) is 0 Å². The second kappa shape index (κ2) is 12.7. The van der Waals surface area contributed by atoms with Gasteiger partial charge in [0, 0.05) is 0 Å². The van der Waals surface area contributed by atoms with E-state index in [2.05, 4.69) is 52.6 Å². The minimum absolute atomic E-state index is 0.0262. The monoisotopic (exact) mass is 750 g/mol. The molecule has 0 heterocycles. The summed E-state index contributed by atoms with van der Waals surface area (Å²) in [6.45, 7) is 0. The van der Waals surface area contributed by atoms with Gasteiger partial charge in [0.1, 0.15) is 0 Å². The molecule has 0 saturated heterocycles. The molecule has 2 radical (unpaired) electrons. The number of halogens is 12. The van der Waals surface area contributed by atoms with Gasteiger partial charge in [-0.1, -0.05) is 0 Å². The van der Waals surface area contributed by atoms with Crippen LogP contribution in [0.1, 0.15) is 47.9 Å². The summed E-state index contributed by atoms with van der Waals surface area (Å²) in [7, 11) is 0. The van der Waals surface area contributed by atoms with Crippen molar-refractivity contribution in [3.63, 3.8) is 0 Å². The van der Waals surface area contributed by atoms with Crippen molar-refractivity contribution in [3.8, 4) is 0 Å². The maximum absolute atomic E-state index is 13.2. The molecule has 1 saturated carbocycles. The standard InChI is InChI=1S/C24H18F12N4Se2/c25-21(26,27)11-5-12(22(28,29)30)8-15(7-11)37-19(41)39-17-3-1-2-4-18(17)40-20(42)38-16-9-13(23(31,32)33)6-14(10-16)24(34,35)36/h5-10,17-18H,1-4H2,(H,37,39)(H,38,40). The third kappa shape index (κ3) is 9.55. The Morgan fingerprint density at radius 2 is 0.786 bits per heavy atom. The number of hydrogen-bond donors (Lipinski definition) is 2. The average Bonchev–Trinajstić information content (AvgIpc) is 2.82. The molecular formula is C24H18F12N4Se2. The predicted molar refractivity (Wildman–Crippen MR) is 133 cm³/mol. The van der Waals surface area contributed by atoms with Crippen LogP contribution in [0.15, 0.2) is 46.4 Å². The van der Waals surface area contributed by atoms with Gasteiger partial charge in [-0.3, -0.25) is 0 Å². The number of anilines is 2. The van der Waals surface area contributed by atoms with Crippen LogP contribution in [-0.2, 0) is 24.7 Å². The van der Waals surface area contributed by atoms with Crippen LogP contribution in [0.2, 0.25) is 0 Å². The first-order chi connectivity index (χ1) is 19.1. The molecule has 0 aromatic heterocycles. The van der Waals surface area contributed by atoms with E-state index in [-0.39, 0.29) is 21.6 Å². The second-order valence-electron chi connectivity index (χ2n) is 9.13. The molecular weight excluding hydrogens is 730 g/mol. The van der Waals surface area contributed by atoms with Gasteiger partial charge < -0.3 is 0 Å². The van der Waals surface area contributed by atoms with Gasteiger partial charge in [0.2, 0.25) is 0 Å². The number of alkyl halides is 12. The zero-order chi connectivity index (χ0) is 31.7. The topological polar surface area (TPSA) is 48.8 Å². The number of hydrogen-bond acceptors (Lipinski definition) is 2. The number of aliphatic imine (C=N–C) groups is 2. The molecule has 1 aliphatic rings.